The molecule has 0 aromatic heterocycles. The summed E-state index contributed by atoms with van der Waals surface area (Å²) in [7, 11) is 1.40. The van der Waals surface area contributed by atoms with Crippen LogP contribution in [0.5, 0.6) is 11.5 Å². The first-order chi connectivity index (χ1) is 19.1. The van der Waals surface area contributed by atoms with Crippen LogP contribution >= 0.6 is 34.2 Å². The number of ether oxygens (including phenoxy) is 2. The van der Waals surface area contributed by atoms with Gasteiger partial charge < -0.3 is 29.9 Å². The fourth-order valence-corrected chi connectivity index (χ4v) is 5.15. The zero-order chi connectivity index (χ0) is 29.4. The first kappa shape index (κ1) is 31.5. The summed E-state index contributed by atoms with van der Waals surface area (Å²) in [6.45, 7) is 1.25. The molecule has 12 heteroatoms. The Balaban J connectivity index is 2.07. The SMILES string of the molecule is CCC(=O)C(=O)N(Cc1ccc(Cl)cc1)C1CC(C(=O)NCCO)=CC(Oc2c(I)cc(C=O)cc2OC)C1O. The van der Waals surface area contributed by atoms with Gasteiger partial charge in [0.2, 0.25) is 11.7 Å². The second-order valence-corrected chi connectivity index (χ2v) is 10.6. The third kappa shape index (κ3) is 7.59. The van der Waals surface area contributed by atoms with Crippen molar-refractivity contribution in [2.24, 2.45) is 0 Å². The zero-order valence-corrected chi connectivity index (χ0v) is 24.8. The number of carbonyl (C=O) groups is 4. The first-order valence-electron chi connectivity index (χ1n) is 12.5. The van der Waals surface area contributed by atoms with E-state index in [0.29, 0.717) is 26.0 Å². The maximum absolute atomic E-state index is 13.3. The molecule has 1 aliphatic carbocycles. The van der Waals surface area contributed by atoms with Gasteiger partial charge >= 0.3 is 0 Å². The van der Waals surface area contributed by atoms with Crippen LogP contribution in [0.1, 0.15) is 35.7 Å². The third-order valence-corrected chi connectivity index (χ3v) is 7.40. The number of halogens is 2. The van der Waals surface area contributed by atoms with Crippen molar-refractivity contribution in [3.8, 4) is 11.5 Å². The number of benzene rings is 2. The number of aliphatic hydroxyl groups is 2. The van der Waals surface area contributed by atoms with Crippen molar-refractivity contribution < 1.29 is 38.9 Å². The molecule has 0 saturated carbocycles. The van der Waals surface area contributed by atoms with Gasteiger partial charge in [-0.1, -0.05) is 30.7 Å². The molecule has 2 aromatic rings. The van der Waals surface area contributed by atoms with E-state index in [2.05, 4.69) is 5.32 Å². The highest BCUT2D eigenvalue weighted by Crippen LogP contribution is 2.37. The lowest BCUT2D eigenvalue weighted by atomic mass is 9.87. The maximum atomic E-state index is 13.3. The maximum Gasteiger partial charge on any atom is 0.290 e. The summed E-state index contributed by atoms with van der Waals surface area (Å²) in [6, 6.07) is 8.73. The Morgan fingerprint density at radius 3 is 2.52 bits per heavy atom. The van der Waals surface area contributed by atoms with Gasteiger partial charge in [0.05, 0.1) is 23.3 Å². The lowest BCUT2D eigenvalue weighted by Crippen LogP contribution is -2.56. The average molecular weight is 685 g/mol. The molecule has 0 heterocycles. The molecule has 2 amide bonds. The van der Waals surface area contributed by atoms with Gasteiger partial charge in [0, 0.05) is 42.1 Å². The van der Waals surface area contributed by atoms with E-state index in [9.17, 15) is 29.4 Å². The number of methoxy groups -OCH3 is 1. The summed E-state index contributed by atoms with van der Waals surface area (Å²) in [5.74, 6) is -1.51. The summed E-state index contributed by atoms with van der Waals surface area (Å²) in [4.78, 5) is 51.5. The van der Waals surface area contributed by atoms with Crippen LogP contribution in [0, 0.1) is 3.57 Å². The number of aliphatic hydroxyl groups excluding tert-OH is 2. The number of nitrogens with one attached hydrogen (secondary N) is 1. The standard InChI is InChI=1S/C28H30ClIN2O8/c1-3-22(35)28(38)32(14-16-4-6-19(29)7-5-16)21-12-18(27(37)31-8-9-33)13-23(25(21)36)40-26-20(30)10-17(15-34)11-24(26)39-2/h4-7,10-11,13,15,21,23,25,33,36H,3,8-9,12,14H2,1-2H3,(H,31,37). The Kier molecular flexibility index (Phi) is 11.5. The highest BCUT2D eigenvalue weighted by atomic mass is 127. The van der Waals surface area contributed by atoms with Gasteiger partial charge in [-0.2, -0.15) is 0 Å². The molecule has 3 N–H and O–H groups in total. The van der Waals surface area contributed by atoms with Gasteiger partial charge in [-0.05, 0) is 58.5 Å². The number of hydrogen-bond acceptors (Lipinski definition) is 8. The van der Waals surface area contributed by atoms with Crippen LogP contribution < -0.4 is 14.8 Å². The lowest BCUT2D eigenvalue weighted by Gasteiger charge is -2.40. The zero-order valence-electron chi connectivity index (χ0n) is 21.9. The van der Waals surface area contributed by atoms with Crippen molar-refractivity contribution in [1.29, 1.82) is 0 Å². The molecule has 0 aliphatic heterocycles. The van der Waals surface area contributed by atoms with Gasteiger partial charge in [-0.25, -0.2) is 0 Å². The number of nitrogens with zero attached hydrogens (tertiary/aromatic N) is 1. The van der Waals surface area contributed by atoms with Crippen molar-refractivity contribution in [2.75, 3.05) is 20.3 Å². The van der Waals surface area contributed by atoms with Gasteiger partial charge in [0.15, 0.2) is 11.5 Å². The average Bonchev–Trinajstić information content (AvgIpc) is 2.96. The van der Waals surface area contributed by atoms with Crippen LogP contribution in [-0.2, 0) is 20.9 Å². The predicted octanol–water partition coefficient (Wildman–Crippen LogP) is 2.69. The van der Waals surface area contributed by atoms with E-state index < -0.39 is 35.8 Å². The van der Waals surface area contributed by atoms with Gasteiger partial charge in [0.1, 0.15) is 18.5 Å². The van der Waals surface area contributed by atoms with E-state index in [1.165, 1.54) is 24.2 Å². The molecule has 0 radical (unpaired) electrons. The summed E-state index contributed by atoms with van der Waals surface area (Å²) in [5, 5.41) is 23.8. The lowest BCUT2D eigenvalue weighted by molar-refractivity contribution is -0.149. The van der Waals surface area contributed by atoms with Crippen LogP contribution in [0.2, 0.25) is 5.02 Å². The summed E-state index contributed by atoms with van der Waals surface area (Å²) < 4.78 is 12.1. The van der Waals surface area contributed by atoms with E-state index in [1.54, 1.807) is 37.3 Å². The third-order valence-electron chi connectivity index (χ3n) is 6.34. The number of Topliss-reactive ketones (excluding diaryl/α,β-unsaturated/α-hetero) is 1. The largest absolute Gasteiger partial charge is 0.493 e. The number of hydrogen-bond donors (Lipinski definition) is 3. The molecule has 214 valence electrons. The quantitative estimate of drug-likeness (QED) is 0.176. The normalized spacial score (nSPS) is 18.4. The van der Waals surface area contributed by atoms with Gasteiger partial charge in [-0.3, -0.25) is 19.2 Å². The second kappa shape index (κ2) is 14.6. The van der Waals surface area contributed by atoms with E-state index in [0.717, 1.165) is 0 Å². The molecule has 10 nitrogen and oxygen atoms in total. The molecule has 0 fully saturated rings. The van der Waals surface area contributed by atoms with Crippen LogP contribution in [-0.4, -0.2) is 77.5 Å². The van der Waals surface area contributed by atoms with E-state index >= 15 is 0 Å². The summed E-state index contributed by atoms with van der Waals surface area (Å²) in [6.07, 6.45) is -0.515. The molecule has 1 aliphatic rings. The highest BCUT2D eigenvalue weighted by Gasteiger charge is 2.42. The van der Waals surface area contributed by atoms with Gasteiger partial charge in [-0.15, -0.1) is 0 Å². The smallest absolute Gasteiger partial charge is 0.290 e. The van der Waals surface area contributed by atoms with Crippen LogP contribution in [0.25, 0.3) is 0 Å². The number of rotatable bonds is 12. The molecule has 3 rings (SSSR count). The van der Waals surface area contributed by atoms with Crippen LogP contribution in [0.3, 0.4) is 0 Å². The fourth-order valence-electron chi connectivity index (χ4n) is 4.28. The highest BCUT2D eigenvalue weighted by molar-refractivity contribution is 14.1. The molecule has 40 heavy (non-hydrogen) atoms. The van der Waals surface area contributed by atoms with Crippen molar-refractivity contribution in [2.45, 2.75) is 44.6 Å². The molecule has 2 aromatic carbocycles. The monoisotopic (exact) mass is 684 g/mol. The fraction of sp³-hybridized carbons (Fsp3) is 0.357. The number of carbonyl (C=O) groups excluding carboxylic acids is 4. The minimum Gasteiger partial charge on any atom is -0.493 e. The summed E-state index contributed by atoms with van der Waals surface area (Å²) in [5.41, 5.74) is 1.21. The molecule has 3 unspecified atom stereocenters. The van der Waals surface area contributed by atoms with Crippen LogP contribution in [0.15, 0.2) is 48.0 Å². The van der Waals surface area contributed by atoms with Crippen molar-refractivity contribution >= 4 is 58.1 Å². The molecular weight excluding hydrogens is 655 g/mol. The van der Waals surface area contributed by atoms with Crippen molar-refractivity contribution in [3.05, 3.63) is 67.8 Å². The molecular formula is C28H30ClIN2O8. The Hall–Kier alpha value is -3.00. The minimum absolute atomic E-state index is 0.00443. The molecule has 3 atom stereocenters. The minimum atomic E-state index is -1.36. The Labute approximate surface area is 250 Å². The Morgan fingerprint density at radius 2 is 1.93 bits per heavy atom. The number of aldehydes is 1. The Morgan fingerprint density at radius 1 is 1.23 bits per heavy atom. The second-order valence-electron chi connectivity index (χ2n) is 9.00. The predicted molar refractivity (Wildman–Crippen MR) is 155 cm³/mol. The molecule has 0 spiro atoms. The van der Waals surface area contributed by atoms with E-state index in [1.807, 2.05) is 22.6 Å². The van der Waals surface area contributed by atoms with E-state index in [-0.39, 0.29) is 49.6 Å². The summed E-state index contributed by atoms with van der Waals surface area (Å²) >= 11 is 7.98. The number of ketones is 1. The van der Waals surface area contributed by atoms with Gasteiger partial charge in [0.25, 0.3) is 5.91 Å². The van der Waals surface area contributed by atoms with E-state index in [4.69, 9.17) is 21.1 Å². The first-order valence-corrected chi connectivity index (χ1v) is 13.9. The topological polar surface area (TPSA) is 142 Å². The molecule has 0 saturated heterocycles. The van der Waals surface area contributed by atoms with Crippen LogP contribution in [0.4, 0.5) is 0 Å². The molecule has 0 bridgehead atoms. The van der Waals surface area contributed by atoms with Crippen molar-refractivity contribution in [3.63, 3.8) is 0 Å². The van der Waals surface area contributed by atoms with Crippen molar-refractivity contribution in [1.82, 2.24) is 10.2 Å². The number of amides is 2. The Bertz CT molecular complexity index is 1280.